The third kappa shape index (κ3) is 2.88. The molecule has 0 saturated carbocycles. The standard InChI is InChI=1S/C17H10BrF2N3/c18-12-6-4-11(5-7-12)15-8-9-22-17(23(15)10-21)16-13(19)2-1-3-14(16)20/h1-9,15H. The van der Waals surface area contributed by atoms with Gasteiger partial charge in [-0.15, -0.1) is 0 Å². The van der Waals surface area contributed by atoms with Crippen LogP contribution >= 0.6 is 15.9 Å². The third-order valence-electron chi connectivity index (χ3n) is 3.48. The average Bonchev–Trinajstić information content (AvgIpc) is 2.55. The minimum Gasteiger partial charge on any atom is -0.251 e. The molecule has 2 aromatic carbocycles. The lowest BCUT2D eigenvalue weighted by Crippen LogP contribution is -2.33. The number of amidine groups is 1. The molecule has 0 N–H and O–H groups in total. The molecule has 0 spiro atoms. The van der Waals surface area contributed by atoms with E-state index < -0.39 is 17.7 Å². The van der Waals surface area contributed by atoms with Gasteiger partial charge in [0.25, 0.3) is 0 Å². The Labute approximate surface area is 140 Å². The van der Waals surface area contributed by atoms with Crippen molar-refractivity contribution in [1.29, 1.82) is 5.26 Å². The monoisotopic (exact) mass is 373 g/mol. The summed E-state index contributed by atoms with van der Waals surface area (Å²) in [4.78, 5) is 5.22. The molecule has 3 rings (SSSR count). The molecule has 114 valence electrons. The van der Waals surface area contributed by atoms with E-state index in [0.29, 0.717) is 0 Å². The predicted octanol–water partition coefficient (Wildman–Crippen LogP) is 4.53. The zero-order valence-corrected chi connectivity index (χ0v) is 13.3. The predicted molar refractivity (Wildman–Crippen MR) is 86.4 cm³/mol. The highest BCUT2D eigenvalue weighted by Crippen LogP contribution is 2.29. The first-order chi connectivity index (χ1) is 11.1. The van der Waals surface area contributed by atoms with Gasteiger partial charge in [0.1, 0.15) is 11.6 Å². The molecular formula is C17H10BrF2N3. The van der Waals surface area contributed by atoms with Crippen LogP contribution in [0.4, 0.5) is 8.78 Å². The zero-order chi connectivity index (χ0) is 16.4. The summed E-state index contributed by atoms with van der Waals surface area (Å²) in [6, 6.07) is 10.4. The fourth-order valence-electron chi connectivity index (χ4n) is 2.40. The van der Waals surface area contributed by atoms with Gasteiger partial charge in [-0.3, -0.25) is 4.90 Å². The molecule has 0 fully saturated rings. The Morgan fingerprint density at radius 3 is 2.35 bits per heavy atom. The molecule has 0 radical (unpaired) electrons. The van der Waals surface area contributed by atoms with Gasteiger partial charge in [-0.2, -0.15) is 5.26 Å². The highest BCUT2D eigenvalue weighted by molar-refractivity contribution is 9.10. The number of rotatable bonds is 2. The molecule has 0 amide bonds. The molecule has 3 nitrogen and oxygen atoms in total. The Kier molecular flexibility index (Phi) is 4.22. The second-order valence-electron chi connectivity index (χ2n) is 4.86. The highest BCUT2D eigenvalue weighted by Gasteiger charge is 2.28. The molecule has 6 heteroatoms. The van der Waals surface area contributed by atoms with E-state index in [-0.39, 0.29) is 11.4 Å². The summed E-state index contributed by atoms with van der Waals surface area (Å²) in [5.41, 5.74) is 0.510. The van der Waals surface area contributed by atoms with Crippen molar-refractivity contribution >= 4 is 21.8 Å². The van der Waals surface area contributed by atoms with Crippen molar-refractivity contribution in [2.75, 3.05) is 0 Å². The van der Waals surface area contributed by atoms with Crippen molar-refractivity contribution in [3.8, 4) is 6.19 Å². The van der Waals surface area contributed by atoms with Gasteiger partial charge in [0, 0.05) is 10.7 Å². The Morgan fingerprint density at radius 1 is 1.09 bits per heavy atom. The topological polar surface area (TPSA) is 39.4 Å². The second kappa shape index (κ2) is 6.31. The van der Waals surface area contributed by atoms with Crippen molar-refractivity contribution in [2.24, 2.45) is 4.99 Å². The lowest BCUT2D eigenvalue weighted by Gasteiger charge is -2.28. The number of halogens is 3. The Hall–Kier alpha value is -2.52. The molecule has 1 unspecified atom stereocenters. The van der Waals surface area contributed by atoms with E-state index in [1.165, 1.54) is 17.2 Å². The fourth-order valence-corrected chi connectivity index (χ4v) is 2.67. The summed E-state index contributed by atoms with van der Waals surface area (Å²) in [6.45, 7) is 0. The lowest BCUT2D eigenvalue weighted by atomic mass is 10.0. The fraction of sp³-hybridized carbons (Fsp3) is 0.0588. The van der Waals surface area contributed by atoms with E-state index >= 15 is 0 Å². The molecule has 0 aromatic heterocycles. The molecule has 1 heterocycles. The Bertz CT molecular complexity index is 818. The van der Waals surface area contributed by atoms with E-state index in [4.69, 9.17) is 0 Å². The number of hydrogen-bond acceptors (Lipinski definition) is 3. The van der Waals surface area contributed by atoms with Gasteiger partial charge in [-0.25, -0.2) is 13.8 Å². The van der Waals surface area contributed by atoms with Crippen LogP contribution in [0.5, 0.6) is 0 Å². The van der Waals surface area contributed by atoms with E-state index in [0.717, 1.165) is 22.2 Å². The first-order valence-electron chi connectivity index (χ1n) is 6.75. The molecule has 0 bridgehead atoms. The van der Waals surface area contributed by atoms with Crippen LogP contribution in [0, 0.1) is 23.1 Å². The number of hydrogen-bond donors (Lipinski definition) is 0. The molecule has 2 aromatic rings. The molecule has 1 atom stereocenters. The number of aliphatic imine (C=N–C) groups is 1. The van der Waals surface area contributed by atoms with Crippen molar-refractivity contribution < 1.29 is 8.78 Å². The summed E-state index contributed by atoms with van der Waals surface area (Å²) in [7, 11) is 0. The maximum atomic E-state index is 14.0. The second-order valence-corrected chi connectivity index (χ2v) is 5.77. The van der Waals surface area contributed by atoms with Crippen molar-refractivity contribution in [1.82, 2.24) is 4.90 Å². The average molecular weight is 374 g/mol. The van der Waals surface area contributed by atoms with Crippen LogP contribution in [-0.4, -0.2) is 10.7 Å². The maximum absolute atomic E-state index is 14.0. The van der Waals surface area contributed by atoms with Crippen LogP contribution in [-0.2, 0) is 0 Å². The van der Waals surface area contributed by atoms with E-state index in [9.17, 15) is 14.0 Å². The minimum absolute atomic E-state index is 0.0430. The van der Waals surface area contributed by atoms with Crippen LogP contribution in [0.3, 0.4) is 0 Å². The Morgan fingerprint density at radius 2 is 1.74 bits per heavy atom. The van der Waals surface area contributed by atoms with Crippen LogP contribution in [0.15, 0.2) is 64.2 Å². The largest absolute Gasteiger partial charge is 0.251 e. The lowest BCUT2D eigenvalue weighted by molar-refractivity contribution is 0.484. The third-order valence-corrected chi connectivity index (χ3v) is 4.01. The molecule has 23 heavy (non-hydrogen) atoms. The van der Waals surface area contributed by atoms with E-state index in [1.54, 1.807) is 6.08 Å². The molecule has 1 aliphatic heterocycles. The highest BCUT2D eigenvalue weighted by atomic mass is 79.9. The van der Waals surface area contributed by atoms with Crippen LogP contribution < -0.4 is 0 Å². The summed E-state index contributed by atoms with van der Waals surface area (Å²) >= 11 is 3.35. The van der Waals surface area contributed by atoms with E-state index in [2.05, 4.69) is 20.9 Å². The van der Waals surface area contributed by atoms with Crippen molar-refractivity contribution in [3.63, 3.8) is 0 Å². The number of nitriles is 1. The summed E-state index contributed by atoms with van der Waals surface area (Å²) in [6.07, 6.45) is 5.14. The van der Waals surface area contributed by atoms with Gasteiger partial charge in [-0.1, -0.05) is 34.1 Å². The van der Waals surface area contributed by atoms with E-state index in [1.807, 2.05) is 30.5 Å². The summed E-state index contributed by atoms with van der Waals surface area (Å²) in [5.74, 6) is -1.55. The SMILES string of the molecule is N#CN1C(c2c(F)cccc2F)=NC=CC1c1ccc(Br)cc1. The zero-order valence-electron chi connectivity index (χ0n) is 11.7. The van der Waals surface area contributed by atoms with Gasteiger partial charge in [0.05, 0.1) is 11.6 Å². The molecule has 1 aliphatic rings. The first-order valence-corrected chi connectivity index (χ1v) is 7.54. The Balaban J connectivity index is 2.06. The first kappa shape index (κ1) is 15.4. The van der Waals surface area contributed by atoms with Gasteiger partial charge >= 0.3 is 0 Å². The summed E-state index contributed by atoms with van der Waals surface area (Å²) < 4.78 is 29.0. The summed E-state index contributed by atoms with van der Waals surface area (Å²) in [5, 5.41) is 9.50. The van der Waals surface area contributed by atoms with Crippen LogP contribution in [0.1, 0.15) is 17.2 Å². The van der Waals surface area contributed by atoms with Gasteiger partial charge in [-0.05, 0) is 35.9 Å². The van der Waals surface area contributed by atoms with Crippen molar-refractivity contribution in [3.05, 3.63) is 82.0 Å². The number of benzene rings is 2. The van der Waals surface area contributed by atoms with Gasteiger partial charge in [0.2, 0.25) is 0 Å². The van der Waals surface area contributed by atoms with Gasteiger partial charge < -0.3 is 0 Å². The normalized spacial score (nSPS) is 16.9. The quantitative estimate of drug-likeness (QED) is 0.725. The number of nitrogens with zero attached hydrogens (tertiary/aromatic N) is 3. The minimum atomic E-state index is -0.756. The van der Waals surface area contributed by atoms with Gasteiger partial charge in [0.15, 0.2) is 12.0 Å². The maximum Gasteiger partial charge on any atom is 0.186 e. The molecular weight excluding hydrogens is 364 g/mol. The smallest absolute Gasteiger partial charge is 0.186 e. The van der Waals surface area contributed by atoms with Crippen LogP contribution in [0.25, 0.3) is 0 Å². The molecule has 0 aliphatic carbocycles. The van der Waals surface area contributed by atoms with Crippen molar-refractivity contribution in [2.45, 2.75) is 6.04 Å². The van der Waals surface area contributed by atoms with Crippen LogP contribution in [0.2, 0.25) is 0 Å². The molecule has 0 saturated heterocycles.